The van der Waals surface area contributed by atoms with Gasteiger partial charge in [-0.2, -0.15) is 18.4 Å². The maximum absolute atomic E-state index is 13.5. The standard InChI is InChI=1S/C16H11F4N3O2/c17-13-7-10(8-21)9-23-15(13)25-6-5-22-14(24)11-3-1-2-4-12(11)16(18,19)20/h1-4,7,9H,5-6H2,(H,22,24). The predicted octanol–water partition coefficient (Wildman–Crippen LogP) is 2.92. The number of nitrogens with one attached hydrogen (secondary N) is 1. The molecule has 5 nitrogen and oxygen atoms in total. The average Bonchev–Trinajstić information content (AvgIpc) is 2.58. The molecule has 9 heteroatoms. The van der Waals surface area contributed by atoms with Crippen LogP contribution >= 0.6 is 0 Å². The van der Waals surface area contributed by atoms with Crippen LogP contribution in [-0.2, 0) is 6.18 Å². The molecule has 1 heterocycles. The Morgan fingerprint density at radius 2 is 2.04 bits per heavy atom. The minimum atomic E-state index is -4.65. The summed E-state index contributed by atoms with van der Waals surface area (Å²) in [5.74, 6) is -2.15. The van der Waals surface area contributed by atoms with Crippen molar-refractivity contribution < 1.29 is 27.1 Å². The van der Waals surface area contributed by atoms with Crippen LogP contribution in [0.3, 0.4) is 0 Å². The number of rotatable bonds is 5. The fraction of sp³-hybridized carbons (Fsp3) is 0.188. The molecule has 2 rings (SSSR count). The summed E-state index contributed by atoms with van der Waals surface area (Å²) >= 11 is 0. The number of amides is 1. The molecule has 0 fully saturated rings. The van der Waals surface area contributed by atoms with Crippen molar-refractivity contribution in [1.29, 1.82) is 5.26 Å². The van der Waals surface area contributed by atoms with Gasteiger partial charge in [0.2, 0.25) is 0 Å². The van der Waals surface area contributed by atoms with E-state index in [-0.39, 0.29) is 24.6 Å². The number of hydrogen-bond acceptors (Lipinski definition) is 4. The molecule has 0 atom stereocenters. The van der Waals surface area contributed by atoms with Gasteiger partial charge in [-0.1, -0.05) is 12.1 Å². The van der Waals surface area contributed by atoms with Crippen molar-refractivity contribution >= 4 is 5.91 Å². The summed E-state index contributed by atoms with van der Waals surface area (Å²) in [5.41, 5.74) is -1.55. The Hall–Kier alpha value is -3.15. The van der Waals surface area contributed by atoms with Gasteiger partial charge in [0.25, 0.3) is 11.8 Å². The molecule has 0 spiro atoms. The van der Waals surface area contributed by atoms with Gasteiger partial charge >= 0.3 is 6.18 Å². The lowest BCUT2D eigenvalue weighted by molar-refractivity contribution is -0.137. The Labute approximate surface area is 139 Å². The number of ether oxygens (including phenoxy) is 1. The first-order valence-electron chi connectivity index (χ1n) is 6.96. The smallest absolute Gasteiger partial charge is 0.417 e. The number of alkyl halides is 3. The number of benzene rings is 1. The highest BCUT2D eigenvalue weighted by molar-refractivity contribution is 5.95. The van der Waals surface area contributed by atoms with Crippen molar-refractivity contribution in [3.63, 3.8) is 0 Å². The molecule has 0 bridgehead atoms. The normalized spacial score (nSPS) is 10.8. The van der Waals surface area contributed by atoms with Gasteiger partial charge in [-0.3, -0.25) is 4.79 Å². The van der Waals surface area contributed by atoms with E-state index in [1.807, 2.05) is 0 Å². The molecule has 25 heavy (non-hydrogen) atoms. The fourth-order valence-corrected chi connectivity index (χ4v) is 1.93. The topological polar surface area (TPSA) is 75.0 Å². The molecule has 1 N–H and O–H groups in total. The maximum atomic E-state index is 13.5. The lowest BCUT2D eigenvalue weighted by Gasteiger charge is -2.12. The molecule has 0 unspecified atom stereocenters. The van der Waals surface area contributed by atoms with Gasteiger partial charge in [0.1, 0.15) is 12.7 Å². The van der Waals surface area contributed by atoms with Crippen molar-refractivity contribution in [2.45, 2.75) is 6.18 Å². The molecule has 0 radical (unpaired) electrons. The predicted molar refractivity (Wildman–Crippen MR) is 78.2 cm³/mol. The van der Waals surface area contributed by atoms with E-state index in [9.17, 15) is 22.4 Å². The number of pyridine rings is 1. The molecule has 2 aromatic rings. The number of halogens is 4. The quantitative estimate of drug-likeness (QED) is 0.662. The lowest BCUT2D eigenvalue weighted by atomic mass is 10.1. The van der Waals surface area contributed by atoms with Crippen LogP contribution in [0.2, 0.25) is 0 Å². The third kappa shape index (κ3) is 4.67. The first-order chi connectivity index (χ1) is 11.8. The van der Waals surface area contributed by atoms with Crippen molar-refractivity contribution in [2.24, 2.45) is 0 Å². The van der Waals surface area contributed by atoms with E-state index < -0.39 is 29.0 Å². The Morgan fingerprint density at radius 3 is 2.68 bits per heavy atom. The number of hydrogen-bond donors (Lipinski definition) is 1. The van der Waals surface area contributed by atoms with Gasteiger partial charge in [0, 0.05) is 6.20 Å². The summed E-state index contributed by atoms with van der Waals surface area (Å²) in [5, 5.41) is 10.8. The third-order valence-electron chi connectivity index (χ3n) is 3.04. The Balaban J connectivity index is 1.93. The van der Waals surface area contributed by atoms with Crippen LogP contribution in [0.15, 0.2) is 36.5 Å². The molecule has 1 aromatic heterocycles. The SMILES string of the molecule is N#Cc1cnc(OCCNC(=O)c2ccccc2C(F)(F)F)c(F)c1. The Kier molecular flexibility index (Phi) is 5.54. The van der Waals surface area contributed by atoms with E-state index in [0.717, 1.165) is 24.4 Å². The third-order valence-corrected chi connectivity index (χ3v) is 3.04. The second kappa shape index (κ2) is 7.61. The summed E-state index contributed by atoms with van der Waals surface area (Å²) in [6, 6.07) is 7.00. The van der Waals surface area contributed by atoms with Gasteiger partial charge in [0.15, 0.2) is 5.82 Å². The molecule has 130 valence electrons. The molecule has 1 amide bonds. The number of nitriles is 1. The van der Waals surface area contributed by atoms with Crippen molar-refractivity contribution in [1.82, 2.24) is 10.3 Å². The minimum absolute atomic E-state index is 0.0157. The highest BCUT2D eigenvalue weighted by Gasteiger charge is 2.34. The highest BCUT2D eigenvalue weighted by Crippen LogP contribution is 2.31. The highest BCUT2D eigenvalue weighted by atomic mass is 19.4. The number of carbonyl (C=O) groups is 1. The summed E-state index contributed by atoms with van der Waals surface area (Å²) in [4.78, 5) is 15.5. The summed E-state index contributed by atoms with van der Waals surface area (Å²) in [6.45, 7) is -0.373. The molecular weight excluding hydrogens is 342 g/mol. The minimum Gasteiger partial charge on any atom is -0.474 e. The summed E-state index contributed by atoms with van der Waals surface area (Å²) in [6.07, 6.45) is -3.55. The zero-order chi connectivity index (χ0) is 18.4. The van der Waals surface area contributed by atoms with Crippen molar-refractivity contribution in [2.75, 3.05) is 13.2 Å². The van der Waals surface area contributed by atoms with Gasteiger partial charge < -0.3 is 10.1 Å². The van der Waals surface area contributed by atoms with E-state index in [0.29, 0.717) is 0 Å². The summed E-state index contributed by atoms with van der Waals surface area (Å²) < 4.78 is 57.1. The van der Waals surface area contributed by atoms with Gasteiger partial charge in [0.05, 0.1) is 23.2 Å². The summed E-state index contributed by atoms with van der Waals surface area (Å²) in [7, 11) is 0. The van der Waals surface area contributed by atoms with E-state index >= 15 is 0 Å². The van der Waals surface area contributed by atoms with Crippen LogP contribution in [0, 0.1) is 17.1 Å². The average molecular weight is 353 g/mol. The molecular formula is C16H11F4N3O2. The number of nitrogens with zero attached hydrogens (tertiary/aromatic N) is 2. The largest absolute Gasteiger partial charge is 0.474 e. The number of aromatic nitrogens is 1. The zero-order valence-electron chi connectivity index (χ0n) is 12.6. The van der Waals surface area contributed by atoms with E-state index in [2.05, 4.69) is 10.3 Å². The lowest BCUT2D eigenvalue weighted by Crippen LogP contribution is -2.30. The Bertz CT molecular complexity index is 816. The molecule has 0 saturated carbocycles. The molecule has 0 saturated heterocycles. The number of carbonyl (C=O) groups excluding carboxylic acids is 1. The Morgan fingerprint density at radius 1 is 1.32 bits per heavy atom. The van der Waals surface area contributed by atoms with Crippen LogP contribution in [0.5, 0.6) is 5.88 Å². The monoisotopic (exact) mass is 353 g/mol. The van der Waals surface area contributed by atoms with Crippen LogP contribution in [-0.4, -0.2) is 24.0 Å². The van der Waals surface area contributed by atoms with Gasteiger partial charge in [-0.25, -0.2) is 9.37 Å². The van der Waals surface area contributed by atoms with Crippen LogP contribution in [0.4, 0.5) is 17.6 Å². The second-order valence-corrected chi connectivity index (χ2v) is 4.77. The van der Waals surface area contributed by atoms with Gasteiger partial charge in [-0.05, 0) is 18.2 Å². The second-order valence-electron chi connectivity index (χ2n) is 4.77. The molecule has 0 aliphatic rings. The molecule has 0 aliphatic carbocycles. The van der Waals surface area contributed by atoms with Crippen LogP contribution in [0.1, 0.15) is 21.5 Å². The van der Waals surface area contributed by atoms with Gasteiger partial charge in [-0.15, -0.1) is 0 Å². The van der Waals surface area contributed by atoms with Crippen molar-refractivity contribution in [3.8, 4) is 11.9 Å². The van der Waals surface area contributed by atoms with Crippen LogP contribution < -0.4 is 10.1 Å². The fourth-order valence-electron chi connectivity index (χ4n) is 1.93. The van der Waals surface area contributed by atoms with Crippen LogP contribution in [0.25, 0.3) is 0 Å². The van der Waals surface area contributed by atoms with E-state index in [1.54, 1.807) is 6.07 Å². The molecule has 1 aromatic carbocycles. The first kappa shape index (κ1) is 18.2. The van der Waals surface area contributed by atoms with E-state index in [1.165, 1.54) is 12.1 Å². The van der Waals surface area contributed by atoms with E-state index in [4.69, 9.17) is 10.00 Å². The maximum Gasteiger partial charge on any atom is 0.417 e. The zero-order valence-corrected chi connectivity index (χ0v) is 12.6. The van der Waals surface area contributed by atoms with Crippen molar-refractivity contribution in [3.05, 3.63) is 59.0 Å². The first-order valence-corrected chi connectivity index (χ1v) is 6.96. The molecule has 0 aliphatic heterocycles.